The number of aliphatic imine (C=N–C) groups is 1. The second-order valence-electron chi connectivity index (χ2n) is 7.75. The minimum atomic E-state index is -1.02. The van der Waals surface area contributed by atoms with Crippen LogP contribution < -0.4 is 26.0 Å². The van der Waals surface area contributed by atoms with E-state index < -0.39 is 11.6 Å². The van der Waals surface area contributed by atoms with E-state index in [0.717, 1.165) is 6.21 Å². The summed E-state index contributed by atoms with van der Waals surface area (Å²) in [4.78, 5) is 22.4. The minimum absolute atomic E-state index is 0.135. The highest BCUT2D eigenvalue weighted by molar-refractivity contribution is 5.99. The Morgan fingerprint density at radius 2 is 2.03 bits per heavy atom. The number of aromatic nitrogens is 1. The SMILES string of the molecule is COc1ccc(NC2(C)N=CC(F)=C(Nc3cccc(NC(=O)/C=C/CN(C)C)c3)N2)cn1. The fourth-order valence-corrected chi connectivity index (χ4v) is 2.97. The van der Waals surface area contributed by atoms with Gasteiger partial charge >= 0.3 is 0 Å². The Bertz CT molecular complexity index is 1070. The molecule has 1 aromatic carbocycles. The van der Waals surface area contributed by atoms with Crippen LogP contribution in [0.3, 0.4) is 0 Å². The van der Waals surface area contributed by atoms with E-state index in [0.29, 0.717) is 29.5 Å². The summed E-state index contributed by atoms with van der Waals surface area (Å²) >= 11 is 0. The standard InChI is InChI=1S/C23H28FN7O2/c1-23(29-18-10-11-21(33-4)25-14-18)26-15-19(24)22(30-23)28-17-8-5-7-16(13-17)27-20(32)9-6-12-31(2)3/h5-11,13-15,28-30H,12H2,1-4H3,(H,27,32)/b9-6+. The third kappa shape index (κ3) is 7.04. The van der Waals surface area contributed by atoms with Gasteiger partial charge in [0.25, 0.3) is 0 Å². The van der Waals surface area contributed by atoms with Crippen molar-refractivity contribution in [2.75, 3.05) is 43.7 Å². The highest BCUT2D eigenvalue weighted by atomic mass is 19.1. The lowest BCUT2D eigenvalue weighted by molar-refractivity contribution is -0.111. The number of likely N-dealkylation sites (N-methyl/N-ethyl adjacent to an activating group) is 1. The van der Waals surface area contributed by atoms with Crippen molar-refractivity contribution in [3.8, 4) is 5.88 Å². The molecule has 1 atom stereocenters. The number of amides is 1. The molecule has 0 saturated carbocycles. The lowest BCUT2D eigenvalue weighted by Gasteiger charge is -2.33. The van der Waals surface area contributed by atoms with Crippen LogP contribution in [0.15, 0.2) is 71.4 Å². The molecule has 33 heavy (non-hydrogen) atoms. The number of carbonyl (C=O) groups is 1. The Morgan fingerprint density at radius 1 is 1.24 bits per heavy atom. The van der Waals surface area contributed by atoms with Crippen LogP contribution >= 0.6 is 0 Å². The molecule has 1 aliphatic heterocycles. The predicted molar refractivity (Wildman–Crippen MR) is 129 cm³/mol. The average Bonchev–Trinajstić information content (AvgIpc) is 2.77. The number of methoxy groups -OCH3 is 1. The zero-order valence-corrected chi connectivity index (χ0v) is 19.0. The maximum atomic E-state index is 14.5. The zero-order chi connectivity index (χ0) is 23.8. The summed E-state index contributed by atoms with van der Waals surface area (Å²) in [5.74, 6) is -1.19. The molecule has 1 unspecified atom stereocenters. The van der Waals surface area contributed by atoms with E-state index in [9.17, 15) is 9.18 Å². The van der Waals surface area contributed by atoms with Gasteiger partial charge in [0.15, 0.2) is 5.83 Å². The number of pyridine rings is 1. The van der Waals surface area contributed by atoms with Gasteiger partial charge in [0.1, 0.15) is 5.82 Å². The molecule has 2 heterocycles. The maximum Gasteiger partial charge on any atom is 0.248 e. The Morgan fingerprint density at radius 3 is 2.73 bits per heavy atom. The molecule has 0 aliphatic carbocycles. The molecule has 0 spiro atoms. The van der Waals surface area contributed by atoms with Gasteiger partial charge in [0.2, 0.25) is 17.6 Å². The number of benzene rings is 1. The van der Waals surface area contributed by atoms with Gasteiger partial charge in [-0.25, -0.2) is 14.4 Å². The quantitative estimate of drug-likeness (QED) is 0.433. The second-order valence-corrected chi connectivity index (χ2v) is 7.75. The molecule has 174 valence electrons. The highest BCUT2D eigenvalue weighted by Gasteiger charge is 2.28. The van der Waals surface area contributed by atoms with E-state index >= 15 is 0 Å². The number of hydrogen-bond donors (Lipinski definition) is 4. The van der Waals surface area contributed by atoms with Crippen molar-refractivity contribution in [3.05, 3.63) is 66.4 Å². The molecule has 1 aliphatic rings. The third-order valence-electron chi connectivity index (χ3n) is 4.52. The van der Waals surface area contributed by atoms with Crippen LogP contribution in [0.2, 0.25) is 0 Å². The molecule has 3 rings (SSSR count). The fraction of sp³-hybridized carbons (Fsp3) is 0.261. The topological polar surface area (TPSA) is 103 Å². The van der Waals surface area contributed by atoms with Gasteiger partial charge < -0.3 is 30.9 Å². The van der Waals surface area contributed by atoms with Gasteiger partial charge in [0, 0.05) is 30.1 Å². The molecular formula is C23H28FN7O2. The number of rotatable bonds is 9. The van der Waals surface area contributed by atoms with E-state index in [-0.39, 0.29) is 11.7 Å². The summed E-state index contributed by atoms with van der Waals surface area (Å²) in [6.45, 7) is 2.42. The van der Waals surface area contributed by atoms with E-state index in [1.54, 1.807) is 55.6 Å². The normalized spacial score (nSPS) is 17.8. The van der Waals surface area contributed by atoms with Crippen molar-refractivity contribution < 1.29 is 13.9 Å². The average molecular weight is 454 g/mol. The highest BCUT2D eigenvalue weighted by Crippen LogP contribution is 2.23. The summed E-state index contributed by atoms with van der Waals surface area (Å²) in [5, 5.41) is 12.0. The molecule has 0 saturated heterocycles. The molecule has 0 fully saturated rings. The fourth-order valence-electron chi connectivity index (χ4n) is 2.97. The first-order chi connectivity index (χ1) is 15.8. The van der Waals surface area contributed by atoms with Crippen molar-refractivity contribution in [3.63, 3.8) is 0 Å². The van der Waals surface area contributed by atoms with Gasteiger partial charge in [-0.2, -0.15) is 0 Å². The zero-order valence-electron chi connectivity index (χ0n) is 19.0. The Hall–Kier alpha value is -3.92. The van der Waals surface area contributed by atoms with Gasteiger partial charge in [-0.1, -0.05) is 12.1 Å². The van der Waals surface area contributed by atoms with Crippen LogP contribution in [0.25, 0.3) is 0 Å². The first-order valence-corrected chi connectivity index (χ1v) is 10.3. The van der Waals surface area contributed by atoms with Crippen LogP contribution in [0.5, 0.6) is 5.88 Å². The van der Waals surface area contributed by atoms with Gasteiger partial charge in [-0.15, -0.1) is 0 Å². The third-order valence-corrected chi connectivity index (χ3v) is 4.52. The number of nitrogens with zero attached hydrogens (tertiary/aromatic N) is 3. The first kappa shape index (κ1) is 23.7. The molecule has 4 N–H and O–H groups in total. The summed E-state index contributed by atoms with van der Waals surface area (Å²) in [6.07, 6.45) is 5.99. The summed E-state index contributed by atoms with van der Waals surface area (Å²) < 4.78 is 19.6. The molecule has 0 bridgehead atoms. The van der Waals surface area contributed by atoms with E-state index in [1.807, 2.05) is 19.0 Å². The largest absolute Gasteiger partial charge is 0.481 e. The molecular weight excluding hydrogens is 425 g/mol. The molecule has 0 radical (unpaired) electrons. The molecule has 10 heteroatoms. The monoisotopic (exact) mass is 453 g/mol. The van der Waals surface area contributed by atoms with Crippen molar-refractivity contribution in [2.24, 2.45) is 4.99 Å². The Kier molecular flexibility index (Phi) is 7.62. The van der Waals surface area contributed by atoms with E-state index in [1.165, 1.54) is 13.2 Å². The number of hydrogen-bond acceptors (Lipinski definition) is 8. The lowest BCUT2D eigenvalue weighted by Crippen LogP contribution is -2.50. The lowest BCUT2D eigenvalue weighted by atomic mass is 10.2. The molecule has 9 nitrogen and oxygen atoms in total. The summed E-state index contributed by atoms with van der Waals surface area (Å²) in [6, 6.07) is 10.5. The van der Waals surface area contributed by atoms with Gasteiger partial charge in [-0.05, 0) is 45.3 Å². The van der Waals surface area contributed by atoms with E-state index in [4.69, 9.17) is 4.74 Å². The van der Waals surface area contributed by atoms with Crippen LogP contribution in [0, 0.1) is 0 Å². The van der Waals surface area contributed by atoms with E-state index in [2.05, 4.69) is 31.2 Å². The Balaban J connectivity index is 1.65. The number of allylic oxidation sites excluding steroid dienone is 1. The van der Waals surface area contributed by atoms with Crippen molar-refractivity contribution in [1.82, 2.24) is 15.2 Å². The number of anilines is 3. The van der Waals surface area contributed by atoms with Crippen molar-refractivity contribution in [2.45, 2.75) is 12.7 Å². The maximum absolute atomic E-state index is 14.5. The summed E-state index contributed by atoms with van der Waals surface area (Å²) in [7, 11) is 5.38. The summed E-state index contributed by atoms with van der Waals surface area (Å²) in [5.41, 5.74) is 1.85. The number of nitrogens with one attached hydrogen (secondary N) is 4. The van der Waals surface area contributed by atoms with Crippen LogP contribution in [-0.2, 0) is 4.79 Å². The van der Waals surface area contributed by atoms with Crippen LogP contribution in [0.1, 0.15) is 6.92 Å². The van der Waals surface area contributed by atoms with Gasteiger partial charge in [0.05, 0.1) is 25.2 Å². The number of halogens is 1. The van der Waals surface area contributed by atoms with Crippen molar-refractivity contribution in [1.29, 1.82) is 0 Å². The Labute approximate surface area is 192 Å². The van der Waals surface area contributed by atoms with Crippen LogP contribution in [-0.4, -0.2) is 55.5 Å². The smallest absolute Gasteiger partial charge is 0.248 e. The predicted octanol–water partition coefficient (Wildman–Crippen LogP) is 3.16. The molecule has 2 aromatic rings. The molecule has 1 amide bonds. The number of carbonyl (C=O) groups excluding carboxylic acids is 1. The minimum Gasteiger partial charge on any atom is -0.481 e. The first-order valence-electron chi connectivity index (χ1n) is 10.3. The van der Waals surface area contributed by atoms with Crippen LogP contribution in [0.4, 0.5) is 21.5 Å². The molecule has 1 aromatic heterocycles. The number of ether oxygens (including phenoxy) is 1. The van der Waals surface area contributed by atoms with Crippen molar-refractivity contribution >= 4 is 29.2 Å². The van der Waals surface area contributed by atoms with Gasteiger partial charge in [-0.3, -0.25) is 4.79 Å². The second kappa shape index (κ2) is 10.6.